The van der Waals surface area contributed by atoms with Crippen LogP contribution >= 0.6 is 0 Å². The number of benzene rings is 1. The van der Waals surface area contributed by atoms with Crippen LogP contribution in [0.3, 0.4) is 0 Å². The van der Waals surface area contributed by atoms with Gasteiger partial charge in [0.05, 0.1) is 19.3 Å². The molecular weight excluding hydrogens is 731 g/mol. The lowest BCUT2D eigenvalue weighted by atomic mass is 10.1. The molecule has 22 heteroatoms. The highest BCUT2D eigenvalue weighted by atomic mass is 19.1. The van der Waals surface area contributed by atoms with Crippen LogP contribution in [0, 0.1) is 5.82 Å². The van der Waals surface area contributed by atoms with Crippen LogP contribution in [0.5, 0.6) is 0 Å². The minimum atomic E-state index is -1.71. The van der Waals surface area contributed by atoms with Gasteiger partial charge in [0.25, 0.3) is 0 Å². The van der Waals surface area contributed by atoms with Crippen LogP contribution in [0.2, 0.25) is 0 Å². The molecule has 3 rings (SSSR count). The van der Waals surface area contributed by atoms with E-state index in [0.29, 0.717) is 22.7 Å². The quantitative estimate of drug-likeness (QED) is 0.0369. The Morgan fingerprint density at radius 1 is 1.00 bits per heavy atom. The van der Waals surface area contributed by atoms with Gasteiger partial charge in [-0.3, -0.25) is 28.7 Å². The molecule has 302 valence electrons. The number of unbranched alkanes of at least 4 members (excludes halogenated alkanes) is 1. The first-order valence-corrected chi connectivity index (χ1v) is 17.3. The number of hydrogen-bond acceptors (Lipinski definition) is 13. The fourth-order valence-corrected chi connectivity index (χ4v) is 5.25. The monoisotopic (exact) mass is 778 g/mol. The van der Waals surface area contributed by atoms with Crippen molar-refractivity contribution in [2.75, 3.05) is 31.6 Å². The van der Waals surface area contributed by atoms with Gasteiger partial charge in [-0.2, -0.15) is 4.98 Å². The van der Waals surface area contributed by atoms with E-state index in [-0.39, 0.29) is 57.2 Å². The number of carbonyl (C=O) groups excluding carboxylic acids is 5. The maximum absolute atomic E-state index is 15.1. The molecule has 2 aromatic rings. The lowest BCUT2D eigenvalue weighted by molar-refractivity contribution is -0.129. The standard InChI is InChI=1S/C33H47FN10O11/c1-18(46)37-12-6-5-10-22(29(51)42-27-20(34)15-44(32(52)43-27)30-26(49)25(48)23(16-45)55-30)40-24(47)14-39-28(50)21(11-7-13-38-31(35)36)41-33(53)54-17-19-8-3-2-4-9-19/h2-4,8-9,15,21-23,25-26,30,45,48-49H,5-7,10-14,16-17H2,1H3,(H,37,46)(H,39,50)(H,40,47)(H,41,53)(H4,35,36,38)(H,42,43,51,52). The van der Waals surface area contributed by atoms with Gasteiger partial charge in [0.1, 0.15) is 37.0 Å². The minimum Gasteiger partial charge on any atom is -0.445 e. The number of aliphatic imine (C=N–C) groups is 1. The van der Waals surface area contributed by atoms with E-state index in [2.05, 4.69) is 36.6 Å². The number of hydrogen-bond donors (Lipinski definition) is 10. The predicted octanol–water partition coefficient (Wildman–Crippen LogP) is -2.81. The van der Waals surface area contributed by atoms with Gasteiger partial charge in [-0.05, 0) is 37.7 Å². The van der Waals surface area contributed by atoms with Gasteiger partial charge in [-0.25, -0.2) is 14.0 Å². The number of amides is 5. The smallest absolute Gasteiger partial charge is 0.408 e. The predicted molar refractivity (Wildman–Crippen MR) is 191 cm³/mol. The Bertz CT molecular complexity index is 1710. The Balaban J connectivity index is 1.67. The number of guanidine groups is 1. The molecule has 0 saturated carbocycles. The molecule has 1 fully saturated rings. The summed E-state index contributed by atoms with van der Waals surface area (Å²) in [7, 11) is 0. The zero-order valence-corrected chi connectivity index (χ0v) is 30.0. The highest BCUT2D eigenvalue weighted by Gasteiger charge is 2.44. The summed E-state index contributed by atoms with van der Waals surface area (Å²) in [6, 6.07) is 6.26. The van der Waals surface area contributed by atoms with Crippen molar-refractivity contribution in [2.45, 2.75) is 82.3 Å². The van der Waals surface area contributed by atoms with Crippen molar-refractivity contribution in [3.63, 3.8) is 0 Å². The van der Waals surface area contributed by atoms with Crippen molar-refractivity contribution < 1.29 is 53.2 Å². The lowest BCUT2D eigenvalue weighted by Gasteiger charge is -2.21. The van der Waals surface area contributed by atoms with E-state index in [1.165, 1.54) is 6.92 Å². The second kappa shape index (κ2) is 21.9. The summed E-state index contributed by atoms with van der Waals surface area (Å²) in [4.78, 5) is 83.3. The first-order valence-electron chi connectivity index (χ1n) is 17.3. The number of halogens is 1. The SMILES string of the molecule is CC(=O)NCCCCC(NC(=O)CNC(=O)C(CCCN=C(N)N)NC(=O)OCc1ccccc1)C(=O)Nc1nc(=O)n(C2OC(CO)C(O)C2O)cc1F. The van der Waals surface area contributed by atoms with Crippen LogP contribution < -0.4 is 43.7 Å². The molecule has 0 aliphatic carbocycles. The highest BCUT2D eigenvalue weighted by molar-refractivity contribution is 5.97. The summed E-state index contributed by atoms with van der Waals surface area (Å²) in [6.45, 7) is 0.292. The minimum absolute atomic E-state index is 0.0332. The lowest BCUT2D eigenvalue weighted by Crippen LogP contribution is -2.51. The van der Waals surface area contributed by atoms with Crippen LogP contribution in [0.25, 0.3) is 0 Å². The van der Waals surface area contributed by atoms with Gasteiger partial charge in [-0.15, -0.1) is 0 Å². The molecule has 12 N–H and O–H groups in total. The number of aliphatic hydroxyl groups excluding tert-OH is 3. The number of nitrogens with zero attached hydrogens (tertiary/aromatic N) is 3. The van der Waals surface area contributed by atoms with Crippen molar-refractivity contribution in [3.8, 4) is 0 Å². The largest absolute Gasteiger partial charge is 0.445 e. The summed E-state index contributed by atoms with van der Waals surface area (Å²) in [5.74, 6) is -5.12. The number of carbonyl (C=O) groups is 5. The summed E-state index contributed by atoms with van der Waals surface area (Å²) in [6.07, 6.45) is -5.52. The molecule has 1 aliphatic heterocycles. The second-order valence-corrected chi connectivity index (χ2v) is 12.4. The van der Waals surface area contributed by atoms with E-state index in [0.717, 1.165) is 0 Å². The van der Waals surface area contributed by atoms with Gasteiger partial charge < -0.3 is 62.8 Å². The molecule has 1 aliphatic rings. The summed E-state index contributed by atoms with van der Waals surface area (Å²) in [5, 5.41) is 41.6. The van der Waals surface area contributed by atoms with Crippen molar-refractivity contribution in [3.05, 3.63) is 58.4 Å². The third kappa shape index (κ3) is 14.2. The van der Waals surface area contributed by atoms with Gasteiger partial charge in [0, 0.05) is 20.0 Å². The van der Waals surface area contributed by atoms with Gasteiger partial charge >= 0.3 is 11.8 Å². The number of aliphatic hydroxyl groups is 3. The molecule has 1 aromatic heterocycles. The van der Waals surface area contributed by atoms with Crippen LogP contribution in [0.15, 0.2) is 46.3 Å². The number of alkyl carbamates (subject to hydrolysis) is 1. The zero-order valence-electron chi connectivity index (χ0n) is 30.0. The number of nitrogens with one attached hydrogen (secondary N) is 5. The van der Waals surface area contributed by atoms with Crippen molar-refractivity contribution >= 4 is 41.5 Å². The molecule has 6 atom stereocenters. The summed E-state index contributed by atoms with van der Waals surface area (Å²) >= 11 is 0. The zero-order chi connectivity index (χ0) is 40.5. The van der Waals surface area contributed by atoms with Crippen molar-refractivity contribution in [1.29, 1.82) is 0 Å². The Kier molecular flexibility index (Phi) is 17.4. The second-order valence-electron chi connectivity index (χ2n) is 12.4. The van der Waals surface area contributed by atoms with E-state index in [1.54, 1.807) is 30.3 Å². The molecule has 0 radical (unpaired) electrons. The third-order valence-electron chi connectivity index (χ3n) is 8.07. The summed E-state index contributed by atoms with van der Waals surface area (Å²) in [5.41, 5.74) is 10.2. The molecule has 1 aromatic carbocycles. The molecule has 55 heavy (non-hydrogen) atoms. The Labute approximate surface area is 314 Å². The molecule has 1 saturated heterocycles. The van der Waals surface area contributed by atoms with E-state index < -0.39 is 90.9 Å². The van der Waals surface area contributed by atoms with E-state index in [9.17, 15) is 44.1 Å². The number of aromatic nitrogens is 2. The Morgan fingerprint density at radius 3 is 2.35 bits per heavy atom. The van der Waals surface area contributed by atoms with E-state index >= 15 is 4.39 Å². The normalized spacial score (nSPS) is 18.6. The van der Waals surface area contributed by atoms with Crippen LogP contribution in [0.1, 0.15) is 50.8 Å². The number of anilines is 1. The fourth-order valence-electron chi connectivity index (χ4n) is 5.25. The van der Waals surface area contributed by atoms with Crippen LogP contribution in [-0.4, -0.2) is 117 Å². The first kappa shape index (κ1) is 43.7. The van der Waals surface area contributed by atoms with E-state index in [4.69, 9.17) is 20.9 Å². The van der Waals surface area contributed by atoms with Crippen LogP contribution in [0.4, 0.5) is 15.0 Å². The molecule has 0 spiro atoms. The average molecular weight is 779 g/mol. The molecule has 0 bridgehead atoms. The van der Waals surface area contributed by atoms with Gasteiger partial charge in [0.15, 0.2) is 23.8 Å². The fraction of sp³-hybridized carbons (Fsp3) is 0.515. The van der Waals surface area contributed by atoms with Crippen molar-refractivity contribution in [2.24, 2.45) is 16.5 Å². The van der Waals surface area contributed by atoms with Crippen LogP contribution in [-0.2, 0) is 35.3 Å². The summed E-state index contributed by atoms with van der Waals surface area (Å²) < 4.78 is 26.1. The first-order chi connectivity index (χ1) is 26.2. The number of nitrogens with two attached hydrogens (primary N) is 2. The molecule has 5 amide bonds. The van der Waals surface area contributed by atoms with Gasteiger partial charge in [0.2, 0.25) is 23.6 Å². The molecular formula is C33H47FN10O11. The Morgan fingerprint density at radius 2 is 1.69 bits per heavy atom. The molecule has 6 unspecified atom stereocenters. The molecule has 2 heterocycles. The van der Waals surface area contributed by atoms with Gasteiger partial charge in [-0.1, -0.05) is 30.3 Å². The Hall–Kier alpha value is -5.71. The van der Waals surface area contributed by atoms with Crippen molar-refractivity contribution in [1.82, 2.24) is 30.8 Å². The third-order valence-corrected chi connectivity index (χ3v) is 8.07. The average Bonchev–Trinajstić information content (AvgIpc) is 3.43. The maximum atomic E-state index is 15.1. The topological polar surface area (TPSA) is 324 Å². The highest BCUT2D eigenvalue weighted by Crippen LogP contribution is 2.28. The maximum Gasteiger partial charge on any atom is 0.408 e. The number of ether oxygens (including phenoxy) is 2. The number of rotatable bonds is 20. The molecule has 21 nitrogen and oxygen atoms in total. The van der Waals surface area contributed by atoms with E-state index in [1.807, 2.05) is 0 Å².